The summed E-state index contributed by atoms with van der Waals surface area (Å²) in [6, 6.07) is 2.21. The number of hydrogen-bond acceptors (Lipinski definition) is 4. The third kappa shape index (κ3) is 1.70. The van der Waals surface area contributed by atoms with E-state index in [-0.39, 0.29) is 12.6 Å². The normalized spacial score (nSPS) is 21.6. The maximum atomic E-state index is 9.18. The molecule has 1 fully saturated rings. The molecule has 1 atom stereocenters. The summed E-state index contributed by atoms with van der Waals surface area (Å²) in [5.74, 6) is 0.939. The Morgan fingerprint density at radius 2 is 2.43 bits per heavy atom. The Morgan fingerprint density at radius 1 is 1.57 bits per heavy atom. The van der Waals surface area contributed by atoms with Crippen molar-refractivity contribution in [2.45, 2.75) is 25.8 Å². The zero-order valence-electron chi connectivity index (χ0n) is 8.35. The van der Waals surface area contributed by atoms with Gasteiger partial charge in [-0.2, -0.15) is 0 Å². The van der Waals surface area contributed by atoms with Crippen molar-refractivity contribution in [3.05, 3.63) is 18.1 Å². The molecular weight excluding hydrogens is 178 g/mol. The van der Waals surface area contributed by atoms with Crippen LogP contribution in [0.5, 0.6) is 0 Å². The van der Waals surface area contributed by atoms with Crippen LogP contribution in [0.25, 0.3) is 0 Å². The standard InChI is InChI=1S/C10H15N3O/c1-8-5-10(12-7-11-8)13-4-2-3-9(13)6-14/h5,7,9,14H,2-4,6H2,1H3/t9-/m1/s1. The van der Waals surface area contributed by atoms with Gasteiger partial charge in [-0.25, -0.2) is 9.97 Å². The summed E-state index contributed by atoms with van der Waals surface area (Å²) >= 11 is 0. The molecular formula is C10H15N3O. The molecule has 0 amide bonds. The van der Waals surface area contributed by atoms with Gasteiger partial charge in [-0.15, -0.1) is 0 Å². The monoisotopic (exact) mass is 193 g/mol. The Kier molecular flexibility index (Phi) is 2.63. The van der Waals surface area contributed by atoms with E-state index in [2.05, 4.69) is 14.9 Å². The predicted molar refractivity (Wildman–Crippen MR) is 54.2 cm³/mol. The van der Waals surface area contributed by atoms with Crippen molar-refractivity contribution >= 4 is 5.82 Å². The minimum absolute atomic E-state index is 0.211. The van der Waals surface area contributed by atoms with E-state index in [4.69, 9.17) is 0 Å². The third-order valence-corrected chi connectivity index (χ3v) is 2.67. The van der Waals surface area contributed by atoms with Gasteiger partial charge in [-0.1, -0.05) is 0 Å². The molecule has 0 bridgehead atoms. The SMILES string of the molecule is Cc1cc(N2CCC[C@@H]2CO)ncn1. The van der Waals surface area contributed by atoms with Crippen molar-refractivity contribution in [1.29, 1.82) is 0 Å². The fourth-order valence-corrected chi connectivity index (χ4v) is 1.92. The van der Waals surface area contributed by atoms with Crippen molar-refractivity contribution in [2.24, 2.45) is 0 Å². The average molecular weight is 193 g/mol. The molecule has 4 heteroatoms. The van der Waals surface area contributed by atoms with Gasteiger partial charge in [0.2, 0.25) is 0 Å². The van der Waals surface area contributed by atoms with Gasteiger partial charge in [0.25, 0.3) is 0 Å². The van der Waals surface area contributed by atoms with Crippen LogP contribution >= 0.6 is 0 Å². The first-order valence-corrected chi connectivity index (χ1v) is 4.97. The van der Waals surface area contributed by atoms with E-state index in [1.54, 1.807) is 6.33 Å². The molecule has 0 unspecified atom stereocenters. The zero-order valence-corrected chi connectivity index (χ0v) is 8.35. The van der Waals surface area contributed by atoms with Crippen molar-refractivity contribution in [1.82, 2.24) is 9.97 Å². The zero-order chi connectivity index (χ0) is 9.97. The Balaban J connectivity index is 2.21. The van der Waals surface area contributed by atoms with Crippen LogP contribution in [0.15, 0.2) is 12.4 Å². The summed E-state index contributed by atoms with van der Waals surface area (Å²) in [6.45, 7) is 3.15. The van der Waals surface area contributed by atoms with Crippen LogP contribution in [0.1, 0.15) is 18.5 Å². The molecule has 1 N–H and O–H groups in total. The van der Waals surface area contributed by atoms with Crippen LogP contribution in [0, 0.1) is 6.92 Å². The fourth-order valence-electron chi connectivity index (χ4n) is 1.92. The van der Waals surface area contributed by atoms with Crippen LogP contribution in [0.2, 0.25) is 0 Å². The molecule has 76 valence electrons. The Bertz CT molecular complexity index is 316. The van der Waals surface area contributed by atoms with Gasteiger partial charge in [0.1, 0.15) is 12.1 Å². The molecule has 0 radical (unpaired) electrons. The first kappa shape index (κ1) is 9.40. The van der Waals surface area contributed by atoms with E-state index in [9.17, 15) is 5.11 Å². The number of rotatable bonds is 2. The van der Waals surface area contributed by atoms with E-state index < -0.39 is 0 Å². The quantitative estimate of drug-likeness (QED) is 0.753. The lowest BCUT2D eigenvalue weighted by molar-refractivity contribution is 0.266. The van der Waals surface area contributed by atoms with Crippen molar-refractivity contribution in [3.8, 4) is 0 Å². The largest absolute Gasteiger partial charge is 0.394 e. The highest BCUT2D eigenvalue weighted by Crippen LogP contribution is 2.23. The summed E-state index contributed by atoms with van der Waals surface area (Å²) in [7, 11) is 0. The lowest BCUT2D eigenvalue weighted by Crippen LogP contribution is -2.32. The number of aliphatic hydroxyl groups is 1. The number of hydrogen-bond donors (Lipinski definition) is 1. The highest BCUT2D eigenvalue weighted by molar-refractivity contribution is 5.41. The lowest BCUT2D eigenvalue weighted by Gasteiger charge is -2.23. The molecule has 1 aliphatic heterocycles. The number of nitrogens with zero attached hydrogens (tertiary/aromatic N) is 3. The molecule has 1 aromatic rings. The maximum absolute atomic E-state index is 9.18. The first-order chi connectivity index (χ1) is 6.81. The third-order valence-electron chi connectivity index (χ3n) is 2.67. The van der Waals surface area contributed by atoms with Gasteiger partial charge in [0, 0.05) is 18.3 Å². The molecule has 2 rings (SSSR count). The van der Waals surface area contributed by atoms with Crippen molar-refractivity contribution < 1.29 is 5.11 Å². The van der Waals surface area contributed by atoms with E-state index in [0.29, 0.717) is 0 Å². The number of aromatic nitrogens is 2. The Hall–Kier alpha value is -1.16. The van der Waals surface area contributed by atoms with Crippen molar-refractivity contribution in [2.75, 3.05) is 18.1 Å². The highest BCUT2D eigenvalue weighted by Gasteiger charge is 2.24. The molecule has 1 aliphatic rings. The van der Waals surface area contributed by atoms with Crippen LogP contribution in [-0.2, 0) is 0 Å². The predicted octanol–water partition coefficient (Wildman–Crippen LogP) is 0.746. The Labute approximate surface area is 83.6 Å². The molecule has 1 aromatic heterocycles. The number of aliphatic hydroxyl groups excluding tert-OH is 1. The number of aryl methyl sites for hydroxylation is 1. The molecule has 0 spiro atoms. The fraction of sp³-hybridized carbons (Fsp3) is 0.600. The van der Waals surface area contributed by atoms with Crippen molar-refractivity contribution in [3.63, 3.8) is 0 Å². The second kappa shape index (κ2) is 3.92. The van der Waals surface area contributed by atoms with Crippen LogP contribution in [0.4, 0.5) is 5.82 Å². The lowest BCUT2D eigenvalue weighted by atomic mass is 10.2. The van der Waals surface area contributed by atoms with E-state index in [1.165, 1.54) is 0 Å². The second-order valence-corrected chi connectivity index (χ2v) is 3.69. The average Bonchev–Trinajstić information content (AvgIpc) is 2.65. The molecule has 14 heavy (non-hydrogen) atoms. The number of anilines is 1. The van der Waals surface area contributed by atoms with Gasteiger partial charge in [-0.05, 0) is 19.8 Å². The Morgan fingerprint density at radius 3 is 3.14 bits per heavy atom. The first-order valence-electron chi connectivity index (χ1n) is 4.97. The molecule has 2 heterocycles. The maximum Gasteiger partial charge on any atom is 0.132 e. The van der Waals surface area contributed by atoms with Gasteiger partial charge in [0.05, 0.1) is 12.6 Å². The van der Waals surface area contributed by atoms with Gasteiger partial charge in [-0.3, -0.25) is 0 Å². The van der Waals surface area contributed by atoms with E-state index in [0.717, 1.165) is 30.9 Å². The minimum Gasteiger partial charge on any atom is -0.394 e. The van der Waals surface area contributed by atoms with Crippen LogP contribution in [0.3, 0.4) is 0 Å². The summed E-state index contributed by atoms with van der Waals surface area (Å²) in [6.07, 6.45) is 3.77. The molecule has 4 nitrogen and oxygen atoms in total. The summed E-state index contributed by atoms with van der Waals surface area (Å²) in [5.41, 5.74) is 0.971. The highest BCUT2D eigenvalue weighted by atomic mass is 16.3. The topological polar surface area (TPSA) is 49.2 Å². The van der Waals surface area contributed by atoms with Crippen LogP contribution in [-0.4, -0.2) is 34.3 Å². The molecule has 1 saturated heterocycles. The molecule has 0 aromatic carbocycles. The smallest absolute Gasteiger partial charge is 0.132 e. The summed E-state index contributed by atoms with van der Waals surface area (Å²) in [4.78, 5) is 10.4. The van der Waals surface area contributed by atoms with E-state index >= 15 is 0 Å². The summed E-state index contributed by atoms with van der Waals surface area (Å²) < 4.78 is 0. The van der Waals surface area contributed by atoms with Gasteiger partial charge in [0.15, 0.2) is 0 Å². The second-order valence-electron chi connectivity index (χ2n) is 3.69. The van der Waals surface area contributed by atoms with Crippen LogP contribution < -0.4 is 4.90 Å². The summed E-state index contributed by atoms with van der Waals surface area (Å²) in [5, 5.41) is 9.18. The molecule has 0 aliphatic carbocycles. The van der Waals surface area contributed by atoms with Gasteiger partial charge < -0.3 is 10.0 Å². The molecule has 0 saturated carbocycles. The van der Waals surface area contributed by atoms with E-state index in [1.807, 2.05) is 13.0 Å². The van der Waals surface area contributed by atoms with Gasteiger partial charge >= 0.3 is 0 Å². The minimum atomic E-state index is 0.211.